The normalized spacial score (nSPS) is 11.1. The van der Waals surface area contributed by atoms with Crippen molar-refractivity contribution in [1.29, 1.82) is 5.26 Å². The summed E-state index contributed by atoms with van der Waals surface area (Å²) in [5, 5.41) is 13.0. The predicted molar refractivity (Wildman–Crippen MR) is 110 cm³/mol. The molecule has 0 unspecified atom stereocenters. The van der Waals surface area contributed by atoms with E-state index in [-0.39, 0.29) is 11.4 Å². The Bertz CT molecular complexity index is 1080. The zero-order valence-electron chi connectivity index (χ0n) is 14.9. The smallest absolute Gasteiger partial charge is 0.268 e. The number of nitrogens with zero attached hydrogens (tertiary/aromatic N) is 2. The van der Waals surface area contributed by atoms with Crippen LogP contribution in [0.2, 0.25) is 5.02 Å². The first-order valence-electron chi connectivity index (χ1n) is 8.33. The maximum absolute atomic E-state index is 13.0. The van der Waals surface area contributed by atoms with Crippen molar-refractivity contribution in [3.63, 3.8) is 0 Å². The molecular formula is C21H15ClFN3OS. The predicted octanol–water partition coefficient (Wildman–Crippen LogP) is 5.38. The van der Waals surface area contributed by atoms with Crippen LogP contribution in [0.3, 0.4) is 0 Å². The van der Waals surface area contributed by atoms with E-state index in [1.165, 1.54) is 41.7 Å². The van der Waals surface area contributed by atoms with Gasteiger partial charge in [0, 0.05) is 22.5 Å². The first-order valence-corrected chi connectivity index (χ1v) is 9.52. The molecule has 0 aliphatic carbocycles. The highest BCUT2D eigenvalue weighted by atomic mass is 35.5. The Morgan fingerprint density at radius 2 is 2.07 bits per heavy atom. The number of thiazole rings is 1. The van der Waals surface area contributed by atoms with Gasteiger partial charge in [-0.25, -0.2) is 9.37 Å². The van der Waals surface area contributed by atoms with Crippen molar-refractivity contribution in [1.82, 2.24) is 4.98 Å². The van der Waals surface area contributed by atoms with E-state index >= 15 is 0 Å². The zero-order chi connectivity index (χ0) is 20.1. The molecule has 0 spiro atoms. The van der Waals surface area contributed by atoms with Crippen molar-refractivity contribution in [2.45, 2.75) is 13.3 Å². The molecule has 1 amide bonds. The number of aromatic nitrogens is 1. The molecule has 1 N–H and O–H groups in total. The summed E-state index contributed by atoms with van der Waals surface area (Å²) in [6.45, 7) is 1.94. The molecule has 1 heterocycles. The Morgan fingerprint density at radius 3 is 2.75 bits per heavy atom. The van der Waals surface area contributed by atoms with Gasteiger partial charge in [-0.05, 0) is 47.9 Å². The van der Waals surface area contributed by atoms with E-state index in [1.54, 1.807) is 6.20 Å². The Morgan fingerprint density at radius 1 is 1.32 bits per heavy atom. The fourth-order valence-electron chi connectivity index (χ4n) is 2.43. The fourth-order valence-corrected chi connectivity index (χ4v) is 3.48. The molecule has 140 valence electrons. The average Bonchev–Trinajstić information content (AvgIpc) is 3.11. The van der Waals surface area contributed by atoms with Crippen molar-refractivity contribution < 1.29 is 9.18 Å². The summed E-state index contributed by atoms with van der Waals surface area (Å²) >= 11 is 7.48. The number of hydrogen-bond acceptors (Lipinski definition) is 4. The Labute approximate surface area is 170 Å². The van der Waals surface area contributed by atoms with Gasteiger partial charge in [-0.3, -0.25) is 10.1 Å². The number of anilines is 1. The number of carbonyl (C=O) groups excluding carboxylic acids is 1. The number of benzene rings is 2. The Balaban J connectivity index is 1.69. The van der Waals surface area contributed by atoms with Crippen molar-refractivity contribution in [3.05, 3.63) is 86.6 Å². The first kappa shape index (κ1) is 19.7. The first-order chi connectivity index (χ1) is 13.4. The summed E-state index contributed by atoms with van der Waals surface area (Å²) in [4.78, 5) is 17.5. The van der Waals surface area contributed by atoms with E-state index in [0.29, 0.717) is 22.1 Å². The summed E-state index contributed by atoms with van der Waals surface area (Å²) in [6, 6.07) is 13.3. The molecule has 1 aromatic heterocycles. The molecule has 0 atom stereocenters. The summed E-state index contributed by atoms with van der Waals surface area (Å²) in [7, 11) is 0. The lowest BCUT2D eigenvalue weighted by molar-refractivity contribution is -0.112. The van der Waals surface area contributed by atoms with Gasteiger partial charge in [-0.2, -0.15) is 5.26 Å². The lowest BCUT2D eigenvalue weighted by Gasteiger charge is -2.02. The SMILES string of the molecule is Cc1ccc(Cc2cnc(NC(=O)C(C#N)=Cc3ccc(F)cc3)s2)cc1Cl. The summed E-state index contributed by atoms with van der Waals surface area (Å²) in [6.07, 6.45) is 3.73. The van der Waals surface area contributed by atoms with E-state index in [0.717, 1.165) is 16.0 Å². The third-order valence-corrected chi connectivity index (χ3v) is 5.25. The second-order valence-electron chi connectivity index (χ2n) is 6.07. The van der Waals surface area contributed by atoms with Crippen molar-refractivity contribution >= 4 is 40.1 Å². The third-order valence-electron chi connectivity index (χ3n) is 3.93. The van der Waals surface area contributed by atoms with Gasteiger partial charge >= 0.3 is 0 Å². The van der Waals surface area contributed by atoms with Crippen molar-refractivity contribution in [2.75, 3.05) is 5.32 Å². The van der Waals surface area contributed by atoms with Gasteiger partial charge in [0.1, 0.15) is 17.5 Å². The molecule has 0 aliphatic rings. The third kappa shape index (κ3) is 5.03. The summed E-state index contributed by atoms with van der Waals surface area (Å²) < 4.78 is 13.0. The van der Waals surface area contributed by atoms with Crippen LogP contribution < -0.4 is 5.32 Å². The van der Waals surface area contributed by atoms with E-state index in [4.69, 9.17) is 11.6 Å². The molecule has 4 nitrogen and oxygen atoms in total. The van der Waals surface area contributed by atoms with Gasteiger partial charge < -0.3 is 0 Å². The van der Waals surface area contributed by atoms with E-state index < -0.39 is 5.91 Å². The number of halogens is 2. The molecule has 0 radical (unpaired) electrons. The lowest BCUT2D eigenvalue weighted by Crippen LogP contribution is -2.13. The van der Waals surface area contributed by atoms with Crippen LogP contribution in [-0.4, -0.2) is 10.9 Å². The molecule has 3 rings (SSSR count). The van der Waals surface area contributed by atoms with Gasteiger partial charge in [0.25, 0.3) is 5.91 Å². The minimum Gasteiger partial charge on any atom is -0.297 e. The van der Waals surface area contributed by atoms with Gasteiger partial charge in [0.05, 0.1) is 0 Å². The number of rotatable bonds is 5. The molecule has 0 aliphatic heterocycles. The molecule has 0 fully saturated rings. The quantitative estimate of drug-likeness (QED) is 0.452. The van der Waals surface area contributed by atoms with Crippen molar-refractivity contribution in [2.24, 2.45) is 0 Å². The largest absolute Gasteiger partial charge is 0.297 e. The maximum Gasteiger partial charge on any atom is 0.268 e. The number of hydrogen-bond donors (Lipinski definition) is 1. The minimum absolute atomic E-state index is 0.0892. The van der Waals surface area contributed by atoms with Gasteiger partial charge in [0.15, 0.2) is 5.13 Å². The van der Waals surface area contributed by atoms with E-state index in [1.807, 2.05) is 31.2 Å². The van der Waals surface area contributed by atoms with Crippen LogP contribution in [0.4, 0.5) is 9.52 Å². The Kier molecular flexibility index (Phi) is 6.19. The standard InChI is InChI=1S/C21H15ClFN3OS/c1-13-2-3-15(10-19(13)22)9-18-12-25-21(28-18)26-20(27)16(11-24)8-14-4-6-17(23)7-5-14/h2-8,10,12H,9H2,1H3,(H,25,26,27). The summed E-state index contributed by atoms with van der Waals surface area (Å²) in [5.41, 5.74) is 2.53. The van der Waals surface area contributed by atoms with Gasteiger partial charge in [-0.15, -0.1) is 11.3 Å². The second-order valence-corrected chi connectivity index (χ2v) is 7.59. The van der Waals surface area contributed by atoms with Crippen LogP contribution in [0.5, 0.6) is 0 Å². The molecule has 28 heavy (non-hydrogen) atoms. The number of nitriles is 1. The van der Waals surface area contributed by atoms with Crippen LogP contribution in [0.25, 0.3) is 6.08 Å². The van der Waals surface area contributed by atoms with Crippen LogP contribution in [-0.2, 0) is 11.2 Å². The molecule has 0 saturated heterocycles. The molecule has 3 aromatic rings. The monoisotopic (exact) mass is 411 g/mol. The number of carbonyl (C=O) groups is 1. The highest BCUT2D eigenvalue weighted by Gasteiger charge is 2.12. The number of aryl methyl sites for hydroxylation is 1. The minimum atomic E-state index is -0.564. The maximum atomic E-state index is 13.0. The molecule has 7 heteroatoms. The topological polar surface area (TPSA) is 65.8 Å². The van der Waals surface area contributed by atoms with Crippen LogP contribution >= 0.6 is 22.9 Å². The fraction of sp³-hybridized carbons (Fsp3) is 0.0952. The number of amides is 1. The highest BCUT2D eigenvalue weighted by molar-refractivity contribution is 7.15. The zero-order valence-corrected chi connectivity index (χ0v) is 16.4. The summed E-state index contributed by atoms with van der Waals surface area (Å²) in [5.74, 6) is -0.948. The second kappa shape index (κ2) is 8.79. The molecule has 2 aromatic carbocycles. The highest BCUT2D eigenvalue weighted by Crippen LogP contribution is 2.24. The van der Waals surface area contributed by atoms with Crippen LogP contribution in [0.15, 0.2) is 54.2 Å². The van der Waals surface area contributed by atoms with Gasteiger partial charge in [-0.1, -0.05) is 35.9 Å². The average molecular weight is 412 g/mol. The van der Waals surface area contributed by atoms with E-state index in [9.17, 15) is 14.4 Å². The van der Waals surface area contributed by atoms with Crippen LogP contribution in [0, 0.1) is 24.1 Å². The number of nitrogens with one attached hydrogen (secondary N) is 1. The van der Waals surface area contributed by atoms with Crippen molar-refractivity contribution in [3.8, 4) is 6.07 Å². The lowest BCUT2D eigenvalue weighted by atomic mass is 10.1. The van der Waals surface area contributed by atoms with Gasteiger partial charge in [0.2, 0.25) is 0 Å². The molecular weight excluding hydrogens is 397 g/mol. The molecule has 0 saturated carbocycles. The molecule has 0 bridgehead atoms. The van der Waals surface area contributed by atoms with E-state index in [2.05, 4.69) is 10.3 Å². The van der Waals surface area contributed by atoms with Crippen LogP contribution in [0.1, 0.15) is 21.6 Å². The Hall–Kier alpha value is -3.01.